The molecule has 1 aromatic rings. The van der Waals surface area contributed by atoms with Crippen molar-refractivity contribution in [3.8, 4) is 0 Å². The van der Waals surface area contributed by atoms with Crippen LogP contribution in [0.1, 0.15) is 60.3 Å². The predicted octanol–water partition coefficient (Wildman–Crippen LogP) is 0.769. The zero-order valence-electron chi connectivity index (χ0n) is 21.1. The van der Waals surface area contributed by atoms with Crippen molar-refractivity contribution in [1.82, 2.24) is 25.3 Å². The second-order valence-electron chi connectivity index (χ2n) is 10.6. The van der Waals surface area contributed by atoms with Gasteiger partial charge in [0.25, 0.3) is 17.4 Å². The summed E-state index contributed by atoms with van der Waals surface area (Å²) in [5.41, 5.74) is 6.34. The fourth-order valence-corrected chi connectivity index (χ4v) is 4.75. The van der Waals surface area contributed by atoms with Gasteiger partial charge in [-0.15, -0.1) is 0 Å². The SMILES string of the molecule is CC(C)CN(CC(=O)NN1C(=O)NC2(CCC(C)CC2)C1=O)c1c(N)n(CC(C)C)c(=O)[nH]c1=O. The van der Waals surface area contributed by atoms with Crippen LogP contribution >= 0.6 is 0 Å². The third-order valence-electron chi connectivity index (χ3n) is 6.52. The van der Waals surface area contributed by atoms with Crippen molar-refractivity contribution in [2.75, 3.05) is 23.7 Å². The molecule has 194 valence electrons. The molecular weight excluding hydrogens is 454 g/mol. The number of H-pyrrole nitrogens is 1. The number of nitrogens with zero attached hydrogens (tertiary/aromatic N) is 3. The number of nitrogens with one attached hydrogen (secondary N) is 3. The molecule has 12 nitrogen and oxygen atoms in total. The number of anilines is 2. The number of amides is 4. The van der Waals surface area contributed by atoms with Crippen molar-refractivity contribution in [3.63, 3.8) is 0 Å². The van der Waals surface area contributed by atoms with Crippen LogP contribution in [-0.2, 0) is 16.1 Å². The number of rotatable bonds is 8. The number of carbonyl (C=O) groups excluding carboxylic acids is 3. The summed E-state index contributed by atoms with van der Waals surface area (Å²) < 4.78 is 1.28. The molecule has 0 bridgehead atoms. The van der Waals surface area contributed by atoms with Crippen LogP contribution in [0.15, 0.2) is 9.59 Å². The van der Waals surface area contributed by atoms with Crippen molar-refractivity contribution in [3.05, 3.63) is 20.8 Å². The molecule has 1 aromatic heterocycles. The fraction of sp³-hybridized carbons (Fsp3) is 0.696. The maximum Gasteiger partial charge on any atom is 0.344 e. The lowest BCUT2D eigenvalue weighted by Crippen LogP contribution is -2.53. The summed E-state index contributed by atoms with van der Waals surface area (Å²) in [7, 11) is 0. The number of nitrogen functional groups attached to an aromatic ring is 1. The molecule has 1 saturated carbocycles. The molecule has 2 fully saturated rings. The highest BCUT2D eigenvalue weighted by molar-refractivity contribution is 6.08. The van der Waals surface area contributed by atoms with Gasteiger partial charge in [0, 0.05) is 13.1 Å². The Morgan fingerprint density at radius 2 is 1.77 bits per heavy atom. The van der Waals surface area contributed by atoms with Gasteiger partial charge in [0.05, 0.1) is 6.54 Å². The largest absolute Gasteiger partial charge is 0.383 e. The second kappa shape index (κ2) is 10.1. The molecule has 0 unspecified atom stereocenters. The van der Waals surface area contributed by atoms with Gasteiger partial charge in [-0.1, -0.05) is 34.6 Å². The molecule has 0 aromatic carbocycles. The zero-order chi connectivity index (χ0) is 26.1. The maximum absolute atomic E-state index is 13.1. The minimum absolute atomic E-state index is 0.00374. The smallest absolute Gasteiger partial charge is 0.344 e. The number of carbonyl (C=O) groups is 3. The number of hydrogen-bond acceptors (Lipinski definition) is 7. The first-order chi connectivity index (χ1) is 16.3. The molecule has 1 spiro atoms. The van der Waals surface area contributed by atoms with Crippen LogP contribution in [0.2, 0.25) is 0 Å². The lowest BCUT2D eigenvalue weighted by Gasteiger charge is -2.33. The maximum atomic E-state index is 13.1. The Labute approximate surface area is 204 Å². The van der Waals surface area contributed by atoms with Gasteiger partial charge in [-0.25, -0.2) is 9.59 Å². The second-order valence-corrected chi connectivity index (χ2v) is 10.6. The van der Waals surface area contributed by atoms with E-state index in [1.807, 2.05) is 27.7 Å². The summed E-state index contributed by atoms with van der Waals surface area (Å²) in [5, 5.41) is 3.49. The quantitative estimate of drug-likeness (QED) is 0.390. The summed E-state index contributed by atoms with van der Waals surface area (Å²) in [6.45, 7) is 9.97. The van der Waals surface area contributed by atoms with Crippen molar-refractivity contribution < 1.29 is 14.4 Å². The molecule has 1 aliphatic carbocycles. The van der Waals surface area contributed by atoms with Crippen molar-refractivity contribution >= 4 is 29.4 Å². The normalized spacial score (nSPS) is 22.3. The molecule has 4 amide bonds. The molecule has 35 heavy (non-hydrogen) atoms. The van der Waals surface area contributed by atoms with Gasteiger partial charge >= 0.3 is 11.7 Å². The van der Waals surface area contributed by atoms with Crippen molar-refractivity contribution in [2.45, 2.75) is 72.4 Å². The van der Waals surface area contributed by atoms with E-state index in [9.17, 15) is 24.0 Å². The van der Waals surface area contributed by atoms with Gasteiger partial charge < -0.3 is 16.0 Å². The van der Waals surface area contributed by atoms with Gasteiger partial charge in [-0.05, 0) is 43.4 Å². The zero-order valence-corrected chi connectivity index (χ0v) is 21.1. The van der Waals surface area contributed by atoms with E-state index in [4.69, 9.17) is 5.73 Å². The van der Waals surface area contributed by atoms with E-state index in [1.54, 1.807) is 0 Å². The van der Waals surface area contributed by atoms with Gasteiger partial charge in [-0.2, -0.15) is 5.01 Å². The molecular formula is C23H37N7O5. The Bertz CT molecular complexity index is 1100. The third-order valence-corrected chi connectivity index (χ3v) is 6.52. The molecule has 5 N–H and O–H groups in total. The number of hydrazine groups is 1. The molecule has 2 heterocycles. The molecule has 1 aliphatic heterocycles. The topological polar surface area (TPSA) is 163 Å². The highest BCUT2D eigenvalue weighted by Gasteiger charge is 2.53. The predicted molar refractivity (Wildman–Crippen MR) is 132 cm³/mol. The van der Waals surface area contributed by atoms with E-state index in [1.165, 1.54) is 9.47 Å². The Balaban J connectivity index is 1.83. The van der Waals surface area contributed by atoms with Crippen molar-refractivity contribution in [1.29, 1.82) is 0 Å². The lowest BCUT2D eigenvalue weighted by molar-refractivity contribution is -0.139. The van der Waals surface area contributed by atoms with Crippen LogP contribution in [0, 0.1) is 17.8 Å². The minimum atomic E-state index is -0.984. The standard InChI is InChI=1S/C23H37N7O5/c1-13(2)10-28(17-18(24)29(11-14(3)4)21(34)25-19(17)32)12-16(31)27-30-20(33)23(26-22(30)35)8-6-15(5)7-9-23/h13-15H,6-12,24H2,1-5H3,(H,26,35)(H,27,31)(H,25,32,34). The van der Waals surface area contributed by atoms with E-state index in [0.717, 1.165) is 17.9 Å². The average Bonchev–Trinajstić information content (AvgIpc) is 2.96. The van der Waals surface area contributed by atoms with Crippen LogP contribution in [0.5, 0.6) is 0 Å². The average molecular weight is 492 g/mol. The van der Waals surface area contributed by atoms with Gasteiger partial charge in [0.2, 0.25) is 0 Å². The van der Waals surface area contributed by atoms with Crippen LogP contribution < -0.4 is 32.6 Å². The Hall–Kier alpha value is -3.31. The molecule has 3 rings (SSSR count). The fourth-order valence-electron chi connectivity index (χ4n) is 4.75. The first-order valence-electron chi connectivity index (χ1n) is 12.2. The highest BCUT2D eigenvalue weighted by atomic mass is 16.2. The third kappa shape index (κ3) is 5.51. The van der Waals surface area contributed by atoms with Crippen LogP contribution in [0.3, 0.4) is 0 Å². The molecule has 12 heteroatoms. The van der Waals surface area contributed by atoms with Gasteiger partial charge in [0.1, 0.15) is 17.0 Å². The van der Waals surface area contributed by atoms with E-state index in [-0.39, 0.29) is 36.4 Å². The number of aromatic nitrogens is 2. The molecule has 0 radical (unpaired) electrons. The number of aromatic amines is 1. The molecule has 1 saturated heterocycles. The van der Waals surface area contributed by atoms with Crippen LogP contribution in [-0.4, -0.2) is 51.0 Å². The van der Waals surface area contributed by atoms with Gasteiger partial charge in [-0.3, -0.25) is 29.4 Å². The van der Waals surface area contributed by atoms with E-state index in [0.29, 0.717) is 25.3 Å². The van der Waals surface area contributed by atoms with Gasteiger partial charge in [0.15, 0.2) is 0 Å². The van der Waals surface area contributed by atoms with E-state index >= 15 is 0 Å². The Morgan fingerprint density at radius 3 is 2.34 bits per heavy atom. The highest BCUT2D eigenvalue weighted by Crippen LogP contribution is 2.35. The summed E-state index contributed by atoms with van der Waals surface area (Å²) in [6, 6.07) is -0.670. The monoisotopic (exact) mass is 491 g/mol. The van der Waals surface area contributed by atoms with Crippen LogP contribution in [0.4, 0.5) is 16.3 Å². The Kier molecular flexibility index (Phi) is 7.61. The number of imide groups is 1. The Morgan fingerprint density at radius 1 is 1.14 bits per heavy atom. The van der Waals surface area contributed by atoms with E-state index in [2.05, 4.69) is 22.7 Å². The molecule has 0 atom stereocenters. The molecule has 2 aliphatic rings. The summed E-state index contributed by atoms with van der Waals surface area (Å²) in [4.78, 5) is 67.4. The summed E-state index contributed by atoms with van der Waals surface area (Å²) in [6.07, 6.45) is 2.66. The first-order valence-corrected chi connectivity index (χ1v) is 12.2. The van der Waals surface area contributed by atoms with Crippen LogP contribution in [0.25, 0.3) is 0 Å². The first kappa shape index (κ1) is 26.3. The number of urea groups is 1. The van der Waals surface area contributed by atoms with E-state index < -0.39 is 34.6 Å². The number of hydrogen-bond donors (Lipinski definition) is 4. The minimum Gasteiger partial charge on any atom is -0.383 e. The summed E-state index contributed by atoms with van der Waals surface area (Å²) in [5.74, 6) is -0.564. The summed E-state index contributed by atoms with van der Waals surface area (Å²) >= 11 is 0. The number of nitrogens with two attached hydrogens (primary N) is 1. The van der Waals surface area contributed by atoms with Crippen molar-refractivity contribution in [2.24, 2.45) is 17.8 Å². The lowest BCUT2D eigenvalue weighted by atomic mass is 9.77.